The fourth-order valence-corrected chi connectivity index (χ4v) is 5.97. The highest BCUT2D eigenvalue weighted by atomic mass is 32.2. The van der Waals surface area contributed by atoms with Gasteiger partial charge in [0.2, 0.25) is 0 Å². The van der Waals surface area contributed by atoms with Crippen LogP contribution in [0.5, 0.6) is 0 Å². The number of carbonyl (C=O) groups excluding carboxylic acids is 1. The van der Waals surface area contributed by atoms with Crippen molar-refractivity contribution in [2.24, 2.45) is 0 Å². The molecule has 34 heavy (non-hydrogen) atoms. The summed E-state index contributed by atoms with van der Waals surface area (Å²) in [6.07, 6.45) is 0. The Kier molecular flexibility index (Phi) is 5.97. The van der Waals surface area contributed by atoms with Crippen LogP contribution >= 0.6 is 11.3 Å². The molecule has 1 fully saturated rings. The van der Waals surface area contributed by atoms with Gasteiger partial charge in [0, 0.05) is 37.4 Å². The normalized spacial score (nSPS) is 14.4. The summed E-state index contributed by atoms with van der Waals surface area (Å²) in [7, 11) is -3.68. The van der Waals surface area contributed by atoms with Crippen LogP contribution in [0.15, 0.2) is 77.7 Å². The maximum absolute atomic E-state index is 13.0. The van der Waals surface area contributed by atoms with Crippen LogP contribution in [0.4, 0.5) is 10.8 Å². The Morgan fingerprint density at radius 1 is 0.912 bits per heavy atom. The minimum atomic E-state index is -3.68. The second-order valence-electron chi connectivity index (χ2n) is 8.24. The van der Waals surface area contributed by atoms with E-state index >= 15 is 0 Å². The number of sulfonamides is 1. The number of thiazole rings is 1. The largest absolute Gasteiger partial charge is 0.345 e. The Bertz CT molecular complexity index is 1390. The van der Waals surface area contributed by atoms with Gasteiger partial charge in [-0.2, -0.15) is 0 Å². The van der Waals surface area contributed by atoms with Crippen LogP contribution in [-0.2, 0) is 10.0 Å². The second-order valence-corrected chi connectivity index (χ2v) is 10.9. The van der Waals surface area contributed by atoms with Crippen molar-refractivity contribution < 1.29 is 13.2 Å². The molecule has 1 amide bonds. The molecule has 5 rings (SSSR count). The number of rotatable bonds is 5. The van der Waals surface area contributed by atoms with E-state index in [0.29, 0.717) is 24.3 Å². The monoisotopic (exact) mass is 492 g/mol. The number of carbonyl (C=O) groups is 1. The van der Waals surface area contributed by atoms with Gasteiger partial charge >= 0.3 is 0 Å². The van der Waals surface area contributed by atoms with Gasteiger partial charge in [0.05, 0.1) is 15.1 Å². The van der Waals surface area contributed by atoms with Gasteiger partial charge in [-0.25, -0.2) is 13.4 Å². The zero-order chi connectivity index (χ0) is 23.7. The second kappa shape index (κ2) is 9.08. The molecule has 0 saturated carbocycles. The van der Waals surface area contributed by atoms with E-state index in [1.807, 2.05) is 30.0 Å². The first-order valence-electron chi connectivity index (χ1n) is 11.0. The quantitative estimate of drug-likeness (QED) is 0.447. The number of piperazine rings is 1. The molecule has 2 heterocycles. The summed E-state index contributed by atoms with van der Waals surface area (Å²) in [6, 6.07) is 21.3. The molecule has 0 unspecified atom stereocenters. The van der Waals surface area contributed by atoms with Gasteiger partial charge in [-0.3, -0.25) is 9.52 Å². The number of aryl methyl sites for hydroxylation is 1. The third-order valence-corrected chi connectivity index (χ3v) is 8.33. The SMILES string of the molecule is Cc1ccc(S(=O)(=O)Nc2ccc(C(=O)N3CCN(c4nc5ccccc5s4)CC3)cc2)cc1. The smallest absolute Gasteiger partial charge is 0.261 e. The third-order valence-electron chi connectivity index (χ3n) is 5.84. The Morgan fingerprint density at radius 2 is 1.59 bits per heavy atom. The van der Waals surface area contributed by atoms with Gasteiger partial charge in [-0.1, -0.05) is 41.2 Å². The third kappa shape index (κ3) is 4.62. The Balaban J connectivity index is 1.21. The predicted molar refractivity (Wildman–Crippen MR) is 136 cm³/mol. The molecular formula is C25H24N4O3S2. The van der Waals surface area contributed by atoms with E-state index in [1.54, 1.807) is 59.9 Å². The first kappa shape index (κ1) is 22.4. The lowest BCUT2D eigenvalue weighted by atomic mass is 10.1. The summed E-state index contributed by atoms with van der Waals surface area (Å²) in [5, 5.41) is 0.985. The van der Waals surface area contributed by atoms with Crippen molar-refractivity contribution in [1.82, 2.24) is 9.88 Å². The van der Waals surface area contributed by atoms with Crippen LogP contribution < -0.4 is 9.62 Å². The molecule has 1 N–H and O–H groups in total. The summed E-state index contributed by atoms with van der Waals surface area (Å²) in [5.74, 6) is -0.0584. The Morgan fingerprint density at radius 3 is 2.26 bits per heavy atom. The lowest BCUT2D eigenvalue weighted by Gasteiger charge is -2.34. The molecular weight excluding hydrogens is 468 g/mol. The van der Waals surface area contributed by atoms with Crippen molar-refractivity contribution in [3.63, 3.8) is 0 Å². The summed E-state index contributed by atoms with van der Waals surface area (Å²) >= 11 is 1.67. The number of amides is 1. The van der Waals surface area contributed by atoms with Gasteiger partial charge in [0.15, 0.2) is 5.13 Å². The molecule has 7 nitrogen and oxygen atoms in total. The number of benzene rings is 3. The molecule has 0 radical (unpaired) electrons. The van der Waals surface area contributed by atoms with Crippen LogP contribution in [0.3, 0.4) is 0 Å². The molecule has 0 spiro atoms. The maximum Gasteiger partial charge on any atom is 0.261 e. The average Bonchev–Trinajstić information content (AvgIpc) is 3.29. The highest BCUT2D eigenvalue weighted by Crippen LogP contribution is 2.29. The molecule has 1 aromatic heterocycles. The van der Waals surface area contributed by atoms with E-state index in [2.05, 4.69) is 15.7 Å². The van der Waals surface area contributed by atoms with Gasteiger partial charge < -0.3 is 9.80 Å². The number of aromatic nitrogens is 1. The van der Waals surface area contributed by atoms with Crippen molar-refractivity contribution >= 4 is 48.3 Å². The first-order chi connectivity index (χ1) is 16.4. The first-order valence-corrected chi connectivity index (χ1v) is 13.3. The van der Waals surface area contributed by atoms with Gasteiger partial charge in [-0.05, 0) is 55.5 Å². The fraction of sp³-hybridized carbons (Fsp3) is 0.200. The van der Waals surface area contributed by atoms with E-state index in [0.717, 1.165) is 34.0 Å². The highest BCUT2D eigenvalue weighted by molar-refractivity contribution is 7.92. The lowest BCUT2D eigenvalue weighted by molar-refractivity contribution is 0.0747. The van der Waals surface area contributed by atoms with E-state index in [1.165, 1.54) is 0 Å². The van der Waals surface area contributed by atoms with Crippen molar-refractivity contribution in [3.05, 3.63) is 83.9 Å². The van der Waals surface area contributed by atoms with Crippen LogP contribution in [0.1, 0.15) is 15.9 Å². The van der Waals surface area contributed by atoms with E-state index in [9.17, 15) is 13.2 Å². The molecule has 1 aliphatic rings. The number of hydrogen-bond acceptors (Lipinski definition) is 6. The number of para-hydroxylation sites is 1. The number of anilines is 2. The maximum atomic E-state index is 13.0. The number of nitrogens with zero attached hydrogens (tertiary/aromatic N) is 3. The summed E-state index contributed by atoms with van der Waals surface area (Å²) < 4.78 is 28.9. The number of fused-ring (bicyclic) bond motifs is 1. The molecule has 9 heteroatoms. The van der Waals surface area contributed by atoms with Crippen LogP contribution in [0, 0.1) is 6.92 Å². The summed E-state index contributed by atoms with van der Waals surface area (Å²) in [6.45, 7) is 4.56. The molecule has 1 aliphatic heterocycles. The average molecular weight is 493 g/mol. The van der Waals surface area contributed by atoms with Crippen molar-refractivity contribution in [1.29, 1.82) is 0 Å². The van der Waals surface area contributed by atoms with Gasteiger partial charge in [0.25, 0.3) is 15.9 Å². The molecule has 0 atom stereocenters. The van der Waals surface area contributed by atoms with E-state index in [4.69, 9.17) is 4.98 Å². The topological polar surface area (TPSA) is 82.6 Å². The van der Waals surface area contributed by atoms with Crippen molar-refractivity contribution in [2.75, 3.05) is 35.8 Å². The highest BCUT2D eigenvalue weighted by Gasteiger charge is 2.24. The lowest BCUT2D eigenvalue weighted by Crippen LogP contribution is -2.48. The van der Waals surface area contributed by atoms with Crippen LogP contribution in [0.2, 0.25) is 0 Å². The number of nitrogens with one attached hydrogen (secondary N) is 1. The predicted octanol–water partition coefficient (Wildman–Crippen LogP) is 4.37. The standard InChI is InChI=1S/C25H24N4O3S2/c1-18-6-12-21(13-7-18)34(31,32)27-20-10-8-19(9-11-20)24(30)28-14-16-29(17-15-28)25-26-22-4-2-3-5-23(22)33-25/h2-13,27H,14-17H2,1H3. The van der Waals surface area contributed by atoms with Crippen molar-refractivity contribution in [3.8, 4) is 0 Å². The number of hydrogen-bond donors (Lipinski definition) is 1. The molecule has 1 saturated heterocycles. The van der Waals surface area contributed by atoms with Gasteiger partial charge in [-0.15, -0.1) is 0 Å². The summed E-state index contributed by atoms with van der Waals surface area (Å²) in [5.41, 5.74) is 2.94. The molecule has 174 valence electrons. The Labute approximate surface area is 202 Å². The zero-order valence-electron chi connectivity index (χ0n) is 18.6. The molecule has 0 aliphatic carbocycles. The Hall–Kier alpha value is -3.43. The summed E-state index contributed by atoms with van der Waals surface area (Å²) in [4.78, 5) is 22.0. The van der Waals surface area contributed by atoms with Gasteiger partial charge in [0.1, 0.15) is 0 Å². The van der Waals surface area contributed by atoms with Crippen LogP contribution in [0.25, 0.3) is 10.2 Å². The van der Waals surface area contributed by atoms with E-state index < -0.39 is 10.0 Å². The van der Waals surface area contributed by atoms with Crippen molar-refractivity contribution in [2.45, 2.75) is 11.8 Å². The van der Waals surface area contributed by atoms with E-state index in [-0.39, 0.29) is 10.8 Å². The van der Waals surface area contributed by atoms with Crippen LogP contribution in [-0.4, -0.2) is 50.4 Å². The zero-order valence-corrected chi connectivity index (χ0v) is 20.3. The molecule has 4 aromatic rings. The minimum Gasteiger partial charge on any atom is -0.345 e. The molecule has 0 bridgehead atoms. The molecule has 3 aromatic carbocycles. The fourth-order valence-electron chi connectivity index (χ4n) is 3.89. The minimum absolute atomic E-state index is 0.0584.